The first kappa shape index (κ1) is 14.3. The molecular weight excluding hydrogens is 284 g/mol. The van der Waals surface area contributed by atoms with Gasteiger partial charge in [-0.05, 0) is 6.07 Å². The maximum Gasteiger partial charge on any atom is 0.272 e. The molecule has 0 bridgehead atoms. The molecule has 0 unspecified atom stereocenters. The van der Waals surface area contributed by atoms with Crippen LogP contribution in [-0.4, -0.2) is 63.8 Å². The van der Waals surface area contributed by atoms with E-state index in [1.54, 1.807) is 37.2 Å². The fourth-order valence-corrected chi connectivity index (χ4v) is 2.50. The van der Waals surface area contributed by atoms with Gasteiger partial charge >= 0.3 is 0 Å². The molecule has 22 heavy (non-hydrogen) atoms. The number of aromatic nitrogens is 4. The highest BCUT2D eigenvalue weighted by atomic mass is 16.5. The van der Waals surface area contributed by atoms with Gasteiger partial charge in [-0.1, -0.05) is 0 Å². The molecule has 0 atom stereocenters. The van der Waals surface area contributed by atoms with Gasteiger partial charge in [0.15, 0.2) is 0 Å². The molecule has 1 amide bonds. The highest BCUT2D eigenvalue weighted by Crippen LogP contribution is 2.17. The van der Waals surface area contributed by atoms with Gasteiger partial charge < -0.3 is 14.5 Å². The van der Waals surface area contributed by atoms with E-state index in [-0.39, 0.29) is 5.91 Å². The Labute approximate surface area is 128 Å². The van der Waals surface area contributed by atoms with Gasteiger partial charge in [-0.25, -0.2) is 9.97 Å². The molecule has 2 aromatic rings. The monoisotopic (exact) mass is 302 g/mol. The van der Waals surface area contributed by atoms with E-state index in [4.69, 9.17) is 4.74 Å². The minimum absolute atomic E-state index is 0.0138. The van der Waals surface area contributed by atoms with Gasteiger partial charge in [-0.2, -0.15) is 5.10 Å². The second-order valence-corrected chi connectivity index (χ2v) is 5.04. The van der Waals surface area contributed by atoms with E-state index >= 15 is 0 Å². The van der Waals surface area contributed by atoms with E-state index in [0.29, 0.717) is 24.7 Å². The molecule has 1 fully saturated rings. The van der Waals surface area contributed by atoms with Crippen molar-refractivity contribution in [3.8, 4) is 5.88 Å². The van der Waals surface area contributed by atoms with Gasteiger partial charge in [0.25, 0.3) is 5.91 Å². The molecule has 8 nitrogen and oxygen atoms in total. The number of piperazine rings is 1. The molecular formula is C14H18N6O2. The predicted molar refractivity (Wildman–Crippen MR) is 79.9 cm³/mol. The van der Waals surface area contributed by atoms with E-state index in [1.165, 1.54) is 6.33 Å². The molecule has 0 spiro atoms. The van der Waals surface area contributed by atoms with Crippen molar-refractivity contribution in [2.75, 3.05) is 38.2 Å². The molecule has 1 aliphatic heterocycles. The number of hydrogen-bond acceptors (Lipinski definition) is 6. The van der Waals surface area contributed by atoms with Crippen LogP contribution in [0.1, 0.15) is 10.5 Å². The number of carbonyl (C=O) groups excluding carboxylic acids is 1. The van der Waals surface area contributed by atoms with Crippen LogP contribution in [0.25, 0.3) is 0 Å². The smallest absolute Gasteiger partial charge is 0.272 e. The molecule has 116 valence electrons. The minimum Gasteiger partial charge on any atom is -0.481 e. The Hall–Kier alpha value is -2.64. The second-order valence-electron chi connectivity index (χ2n) is 5.04. The van der Waals surface area contributed by atoms with E-state index in [0.717, 1.165) is 18.9 Å². The minimum atomic E-state index is 0.0138. The molecule has 0 saturated carbocycles. The maximum atomic E-state index is 12.4. The van der Waals surface area contributed by atoms with Crippen molar-refractivity contribution in [1.82, 2.24) is 24.6 Å². The summed E-state index contributed by atoms with van der Waals surface area (Å²) in [6, 6.07) is 3.54. The van der Waals surface area contributed by atoms with Crippen molar-refractivity contribution in [3.63, 3.8) is 0 Å². The van der Waals surface area contributed by atoms with Gasteiger partial charge in [0.05, 0.1) is 7.11 Å². The predicted octanol–water partition coefficient (Wildman–Crippen LogP) is 0.181. The summed E-state index contributed by atoms with van der Waals surface area (Å²) in [4.78, 5) is 24.7. The van der Waals surface area contributed by atoms with Gasteiger partial charge in [0.2, 0.25) is 5.88 Å². The van der Waals surface area contributed by atoms with Crippen LogP contribution >= 0.6 is 0 Å². The van der Waals surface area contributed by atoms with Crippen molar-refractivity contribution in [2.24, 2.45) is 7.05 Å². The molecule has 0 aromatic carbocycles. The summed E-state index contributed by atoms with van der Waals surface area (Å²) in [5.41, 5.74) is 0.608. The molecule has 3 heterocycles. The number of carbonyl (C=O) groups is 1. The summed E-state index contributed by atoms with van der Waals surface area (Å²) in [6.45, 7) is 2.75. The van der Waals surface area contributed by atoms with Gasteiger partial charge in [0.1, 0.15) is 17.8 Å². The number of rotatable bonds is 3. The van der Waals surface area contributed by atoms with Crippen molar-refractivity contribution in [3.05, 3.63) is 30.4 Å². The summed E-state index contributed by atoms with van der Waals surface area (Å²) in [5, 5.41) is 4.04. The first-order valence-corrected chi connectivity index (χ1v) is 7.07. The lowest BCUT2D eigenvalue weighted by molar-refractivity contribution is 0.0735. The molecule has 1 saturated heterocycles. The van der Waals surface area contributed by atoms with Crippen LogP contribution in [0.4, 0.5) is 5.82 Å². The number of anilines is 1. The highest BCUT2D eigenvalue weighted by Gasteiger charge is 2.24. The molecule has 8 heteroatoms. The van der Waals surface area contributed by atoms with Crippen molar-refractivity contribution >= 4 is 11.7 Å². The Morgan fingerprint density at radius 1 is 1.23 bits per heavy atom. The summed E-state index contributed by atoms with van der Waals surface area (Å²) < 4.78 is 6.72. The lowest BCUT2D eigenvalue weighted by Gasteiger charge is -2.35. The molecule has 0 radical (unpaired) electrons. The van der Waals surface area contributed by atoms with Crippen LogP contribution in [0.5, 0.6) is 5.88 Å². The Morgan fingerprint density at radius 2 is 2.00 bits per heavy atom. The third-order valence-electron chi connectivity index (χ3n) is 3.77. The third kappa shape index (κ3) is 2.72. The topological polar surface area (TPSA) is 76.4 Å². The summed E-state index contributed by atoms with van der Waals surface area (Å²) in [5.74, 6) is 1.37. The molecule has 1 aliphatic rings. The Morgan fingerprint density at radius 3 is 2.64 bits per heavy atom. The molecule has 0 N–H and O–H groups in total. The Bertz CT molecular complexity index is 663. The first-order valence-electron chi connectivity index (χ1n) is 7.07. The number of methoxy groups -OCH3 is 1. The van der Waals surface area contributed by atoms with Crippen molar-refractivity contribution in [1.29, 1.82) is 0 Å². The van der Waals surface area contributed by atoms with Crippen LogP contribution in [-0.2, 0) is 7.05 Å². The van der Waals surface area contributed by atoms with E-state index in [1.807, 2.05) is 4.90 Å². The fourth-order valence-electron chi connectivity index (χ4n) is 2.50. The van der Waals surface area contributed by atoms with Crippen LogP contribution in [0, 0.1) is 0 Å². The number of amides is 1. The zero-order chi connectivity index (χ0) is 15.5. The van der Waals surface area contributed by atoms with E-state index < -0.39 is 0 Å². The first-order chi connectivity index (χ1) is 10.7. The third-order valence-corrected chi connectivity index (χ3v) is 3.77. The Kier molecular flexibility index (Phi) is 3.90. The Balaban J connectivity index is 1.65. The zero-order valence-corrected chi connectivity index (χ0v) is 12.6. The van der Waals surface area contributed by atoms with Crippen LogP contribution in [0.3, 0.4) is 0 Å². The molecule has 2 aromatic heterocycles. The number of nitrogens with zero attached hydrogens (tertiary/aromatic N) is 6. The molecule has 3 rings (SSSR count). The maximum absolute atomic E-state index is 12.4. The number of ether oxygens (including phenoxy) is 1. The average Bonchev–Trinajstić information content (AvgIpc) is 3.00. The summed E-state index contributed by atoms with van der Waals surface area (Å²) >= 11 is 0. The lowest BCUT2D eigenvalue weighted by atomic mass is 10.2. The van der Waals surface area contributed by atoms with E-state index in [2.05, 4.69) is 20.0 Å². The SMILES string of the molecule is COc1cc(N2CCN(C(=O)c3ccnn3C)CC2)ncn1. The van der Waals surface area contributed by atoms with E-state index in [9.17, 15) is 4.79 Å². The largest absolute Gasteiger partial charge is 0.481 e. The van der Waals surface area contributed by atoms with Crippen molar-refractivity contribution in [2.45, 2.75) is 0 Å². The average molecular weight is 302 g/mol. The fraction of sp³-hybridized carbons (Fsp3) is 0.429. The van der Waals surface area contributed by atoms with Crippen LogP contribution < -0.4 is 9.64 Å². The van der Waals surface area contributed by atoms with Crippen molar-refractivity contribution < 1.29 is 9.53 Å². The second kappa shape index (κ2) is 6.00. The highest BCUT2D eigenvalue weighted by molar-refractivity contribution is 5.92. The zero-order valence-electron chi connectivity index (χ0n) is 12.6. The summed E-state index contributed by atoms with van der Waals surface area (Å²) in [7, 11) is 3.35. The summed E-state index contributed by atoms with van der Waals surface area (Å²) in [6.07, 6.45) is 3.12. The van der Waals surface area contributed by atoms with Crippen LogP contribution in [0.15, 0.2) is 24.7 Å². The normalized spacial score (nSPS) is 15.0. The quantitative estimate of drug-likeness (QED) is 0.805. The van der Waals surface area contributed by atoms with Gasteiger partial charge in [-0.15, -0.1) is 0 Å². The standard InChI is InChI=1S/C14H18N6O2/c1-18-11(3-4-17-18)14(21)20-7-5-19(6-8-20)12-9-13(22-2)16-10-15-12/h3-4,9-10H,5-8H2,1-2H3. The van der Waals surface area contributed by atoms with Gasteiger partial charge in [-0.3, -0.25) is 9.48 Å². The lowest BCUT2D eigenvalue weighted by Crippen LogP contribution is -2.49. The van der Waals surface area contributed by atoms with Gasteiger partial charge in [0, 0.05) is 45.5 Å². The number of aryl methyl sites for hydroxylation is 1. The molecule has 0 aliphatic carbocycles. The number of hydrogen-bond donors (Lipinski definition) is 0. The van der Waals surface area contributed by atoms with Crippen LogP contribution in [0.2, 0.25) is 0 Å².